The lowest BCUT2D eigenvalue weighted by molar-refractivity contribution is 0.333. The van der Waals surface area contributed by atoms with Gasteiger partial charge in [-0.15, -0.1) is 0 Å². The molecular formula is C11H25NSi. The first-order valence-corrected chi connectivity index (χ1v) is 8.20. The summed E-state index contributed by atoms with van der Waals surface area (Å²) in [5.74, 6) is 0. The van der Waals surface area contributed by atoms with Gasteiger partial charge in [-0.1, -0.05) is 33.6 Å². The minimum Gasteiger partial charge on any atom is -0.324 e. The summed E-state index contributed by atoms with van der Waals surface area (Å²) in [5, 5.41) is 0. The fourth-order valence-corrected chi connectivity index (χ4v) is 6.52. The molecule has 1 heterocycles. The average molecular weight is 199 g/mol. The lowest BCUT2D eigenvalue weighted by Gasteiger charge is -2.33. The predicted molar refractivity (Wildman–Crippen MR) is 62.7 cm³/mol. The summed E-state index contributed by atoms with van der Waals surface area (Å²) in [4.78, 5) is 0. The van der Waals surface area contributed by atoms with Crippen LogP contribution >= 0.6 is 0 Å². The molecule has 1 atom stereocenters. The van der Waals surface area contributed by atoms with Crippen LogP contribution in [0.1, 0.15) is 46.5 Å². The normalized spacial score (nSPS) is 21.2. The second kappa shape index (κ2) is 5.81. The monoisotopic (exact) mass is 199 g/mol. The molecule has 0 N–H and O–H groups in total. The maximum Gasteiger partial charge on any atom is 0.112 e. The molecule has 2 heteroatoms. The molecular weight excluding hydrogens is 174 g/mol. The van der Waals surface area contributed by atoms with Crippen molar-refractivity contribution in [3.63, 3.8) is 0 Å². The molecule has 1 aliphatic rings. The lowest BCUT2D eigenvalue weighted by Crippen LogP contribution is -2.43. The average Bonchev–Trinajstić information content (AvgIpc) is 2.65. The van der Waals surface area contributed by atoms with E-state index >= 15 is 0 Å². The van der Waals surface area contributed by atoms with Crippen LogP contribution in [-0.2, 0) is 0 Å². The smallest absolute Gasteiger partial charge is 0.112 e. The van der Waals surface area contributed by atoms with Crippen molar-refractivity contribution >= 4 is 8.96 Å². The van der Waals surface area contributed by atoms with Gasteiger partial charge in [0.25, 0.3) is 0 Å². The number of hydrogen-bond donors (Lipinski definition) is 0. The Hall–Kier alpha value is 0.177. The molecule has 0 aromatic rings. The van der Waals surface area contributed by atoms with Crippen LogP contribution in [-0.4, -0.2) is 26.1 Å². The van der Waals surface area contributed by atoms with Gasteiger partial charge in [0.15, 0.2) is 0 Å². The second-order valence-corrected chi connectivity index (χ2v) is 7.56. The molecule has 1 aliphatic heterocycles. The molecule has 1 nitrogen and oxygen atoms in total. The summed E-state index contributed by atoms with van der Waals surface area (Å²) < 4.78 is 2.88. The van der Waals surface area contributed by atoms with E-state index in [2.05, 4.69) is 25.3 Å². The number of nitrogens with zero attached hydrogens (tertiary/aromatic N) is 1. The van der Waals surface area contributed by atoms with E-state index in [9.17, 15) is 0 Å². The fraction of sp³-hybridized carbons (Fsp3) is 1.00. The van der Waals surface area contributed by atoms with Crippen LogP contribution < -0.4 is 0 Å². The maximum absolute atomic E-state index is 2.88. The molecule has 0 aromatic carbocycles. The zero-order valence-corrected chi connectivity index (χ0v) is 10.7. The minimum atomic E-state index is -0.456. The van der Waals surface area contributed by atoms with Gasteiger partial charge in [-0.05, 0) is 37.5 Å². The summed E-state index contributed by atoms with van der Waals surface area (Å²) in [6.07, 6.45) is 5.72. The van der Waals surface area contributed by atoms with Crippen molar-refractivity contribution in [3.8, 4) is 0 Å². The van der Waals surface area contributed by atoms with Gasteiger partial charge in [0.2, 0.25) is 0 Å². The fourth-order valence-electron chi connectivity index (χ4n) is 2.49. The van der Waals surface area contributed by atoms with Gasteiger partial charge in [0, 0.05) is 0 Å². The Labute approximate surface area is 85.2 Å². The highest BCUT2D eigenvalue weighted by Gasteiger charge is 2.26. The molecule has 78 valence electrons. The summed E-state index contributed by atoms with van der Waals surface area (Å²) in [6.45, 7) is 8.43. The van der Waals surface area contributed by atoms with Crippen LogP contribution in [0.3, 0.4) is 0 Å². The highest BCUT2D eigenvalue weighted by Crippen LogP contribution is 2.24. The van der Waals surface area contributed by atoms with Crippen molar-refractivity contribution in [2.75, 3.05) is 6.54 Å². The molecule has 1 unspecified atom stereocenters. The Kier molecular flexibility index (Phi) is 5.03. The van der Waals surface area contributed by atoms with Gasteiger partial charge in [-0.3, -0.25) is 0 Å². The van der Waals surface area contributed by atoms with E-state index in [0.717, 1.165) is 6.04 Å². The van der Waals surface area contributed by atoms with Crippen molar-refractivity contribution in [2.45, 2.75) is 64.6 Å². The Morgan fingerprint density at radius 3 is 2.31 bits per heavy atom. The van der Waals surface area contributed by atoms with Gasteiger partial charge >= 0.3 is 0 Å². The summed E-state index contributed by atoms with van der Waals surface area (Å²) >= 11 is 0. The largest absolute Gasteiger partial charge is 0.324 e. The SMILES string of the molecule is CCCN(C(C)CC)[SiH]1CCCC1. The Morgan fingerprint density at radius 1 is 1.23 bits per heavy atom. The van der Waals surface area contributed by atoms with Gasteiger partial charge in [0.1, 0.15) is 8.96 Å². The van der Waals surface area contributed by atoms with Crippen LogP contribution in [0.15, 0.2) is 0 Å². The quantitative estimate of drug-likeness (QED) is 0.615. The van der Waals surface area contributed by atoms with Crippen molar-refractivity contribution in [1.29, 1.82) is 0 Å². The third-order valence-electron chi connectivity index (χ3n) is 3.43. The molecule has 0 saturated carbocycles. The van der Waals surface area contributed by atoms with Crippen LogP contribution in [0.25, 0.3) is 0 Å². The molecule has 0 aliphatic carbocycles. The molecule has 0 bridgehead atoms. The zero-order chi connectivity index (χ0) is 9.68. The topological polar surface area (TPSA) is 3.24 Å². The summed E-state index contributed by atoms with van der Waals surface area (Å²) in [7, 11) is -0.456. The van der Waals surface area contributed by atoms with Crippen LogP contribution in [0.2, 0.25) is 12.1 Å². The first-order chi connectivity index (χ1) is 6.29. The number of hydrogen-bond acceptors (Lipinski definition) is 1. The van der Waals surface area contributed by atoms with Crippen LogP contribution in [0, 0.1) is 0 Å². The van der Waals surface area contributed by atoms with Crippen LogP contribution in [0.5, 0.6) is 0 Å². The highest BCUT2D eigenvalue weighted by atomic mass is 28.3. The Morgan fingerprint density at radius 2 is 1.85 bits per heavy atom. The standard InChI is InChI=1S/C11H25NSi/c1-4-8-12(11(3)5-2)13-9-6-7-10-13/h11,13H,4-10H2,1-3H3. The Bertz CT molecular complexity index is 132. The van der Waals surface area contributed by atoms with E-state index in [1.54, 1.807) is 12.1 Å². The zero-order valence-electron chi connectivity index (χ0n) is 9.55. The number of rotatable bonds is 5. The predicted octanol–water partition coefficient (Wildman–Crippen LogP) is 3.01. The minimum absolute atomic E-state index is 0.456. The first-order valence-electron chi connectivity index (χ1n) is 6.05. The lowest BCUT2D eigenvalue weighted by atomic mass is 10.2. The highest BCUT2D eigenvalue weighted by molar-refractivity contribution is 6.56. The van der Waals surface area contributed by atoms with E-state index in [0.29, 0.717) is 0 Å². The van der Waals surface area contributed by atoms with E-state index < -0.39 is 8.96 Å². The van der Waals surface area contributed by atoms with Crippen molar-refractivity contribution < 1.29 is 0 Å². The van der Waals surface area contributed by atoms with E-state index in [1.165, 1.54) is 32.2 Å². The van der Waals surface area contributed by atoms with E-state index in [1.807, 2.05) is 0 Å². The first kappa shape index (κ1) is 11.3. The molecule has 0 amide bonds. The molecule has 1 rings (SSSR count). The third-order valence-corrected chi connectivity index (χ3v) is 7.29. The van der Waals surface area contributed by atoms with Crippen LogP contribution in [0.4, 0.5) is 0 Å². The molecule has 0 spiro atoms. The summed E-state index contributed by atoms with van der Waals surface area (Å²) in [6, 6.07) is 4.03. The van der Waals surface area contributed by atoms with Gasteiger partial charge in [0.05, 0.1) is 0 Å². The molecule has 0 radical (unpaired) electrons. The molecule has 0 aromatic heterocycles. The van der Waals surface area contributed by atoms with Gasteiger partial charge < -0.3 is 4.57 Å². The van der Waals surface area contributed by atoms with Crippen molar-refractivity contribution in [3.05, 3.63) is 0 Å². The molecule has 13 heavy (non-hydrogen) atoms. The van der Waals surface area contributed by atoms with Crippen molar-refractivity contribution in [2.24, 2.45) is 0 Å². The Balaban J connectivity index is 2.44. The second-order valence-electron chi connectivity index (χ2n) is 4.43. The third kappa shape index (κ3) is 3.10. The van der Waals surface area contributed by atoms with Gasteiger partial charge in [-0.2, -0.15) is 0 Å². The maximum atomic E-state index is 2.88. The van der Waals surface area contributed by atoms with Crippen molar-refractivity contribution in [1.82, 2.24) is 4.57 Å². The van der Waals surface area contributed by atoms with E-state index in [-0.39, 0.29) is 0 Å². The van der Waals surface area contributed by atoms with Gasteiger partial charge in [-0.25, -0.2) is 0 Å². The summed E-state index contributed by atoms with van der Waals surface area (Å²) in [5.41, 5.74) is 0. The molecule has 1 fully saturated rings. The molecule has 1 saturated heterocycles. The van der Waals surface area contributed by atoms with E-state index in [4.69, 9.17) is 0 Å².